The molecule has 1 fully saturated rings. The van der Waals surface area contributed by atoms with Gasteiger partial charge in [0.05, 0.1) is 24.3 Å². The fourth-order valence-corrected chi connectivity index (χ4v) is 3.99. The maximum absolute atomic E-state index is 6.14. The molecule has 1 saturated carbocycles. The van der Waals surface area contributed by atoms with Crippen LogP contribution in [0.5, 0.6) is 5.75 Å². The number of rotatable bonds is 4. The maximum Gasteiger partial charge on any atom is 0.133 e. The van der Waals surface area contributed by atoms with E-state index in [1.54, 1.807) is 7.11 Å². The highest BCUT2D eigenvalue weighted by molar-refractivity contribution is 9.10. The van der Waals surface area contributed by atoms with Crippen molar-refractivity contribution in [3.63, 3.8) is 0 Å². The van der Waals surface area contributed by atoms with Crippen LogP contribution in [0.2, 0.25) is 0 Å². The molecule has 1 aromatic carbocycles. The van der Waals surface area contributed by atoms with Crippen molar-refractivity contribution in [1.82, 2.24) is 0 Å². The molecule has 1 aliphatic carbocycles. The van der Waals surface area contributed by atoms with E-state index < -0.39 is 0 Å². The smallest absolute Gasteiger partial charge is 0.133 e. The minimum atomic E-state index is 0.384. The van der Waals surface area contributed by atoms with Gasteiger partial charge in [-0.25, -0.2) is 0 Å². The molecular formula is C17H25BrO2. The van der Waals surface area contributed by atoms with Crippen molar-refractivity contribution >= 4 is 15.9 Å². The molecule has 0 saturated heterocycles. The molecular weight excluding hydrogens is 316 g/mol. The van der Waals surface area contributed by atoms with Gasteiger partial charge >= 0.3 is 0 Å². The zero-order valence-corrected chi connectivity index (χ0v) is 14.5. The van der Waals surface area contributed by atoms with E-state index in [-0.39, 0.29) is 0 Å². The quantitative estimate of drug-likeness (QED) is 0.750. The van der Waals surface area contributed by atoms with Crippen LogP contribution in [0.25, 0.3) is 0 Å². The Hall–Kier alpha value is -0.540. The highest BCUT2D eigenvalue weighted by Gasteiger charge is 2.32. The minimum Gasteiger partial charge on any atom is -0.496 e. The zero-order chi connectivity index (χ0) is 14.8. The lowest BCUT2D eigenvalue weighted by Crippen LogP contribution is -2.32. The van der Waals surface area contributed by atoms with Gasteiger partial charge in [0.15, 0.2) is 0 Å². The Bertz CT molecular complexity index is 456. The first-order valence-corrected chi connectivity index (χ1v) is 8.13. The van der Waals surface area contributed by atoms with E-state index in [0.717, 1.165) is 22.6 Å². The monoisotopic (exact) mass is 340 g/mol. The highest BCUT2D eigenvalue weighted by atomic mass is 79.9. The fourth-order valence-electron chi connectivity index (χ4n) is 3.40. The largest absolute Gasteiger partial charge is 0.496 e. The first-order chi connectivity index (χ1) is 9.39. The van der Waals surface area contributed by atoms with Gasteiger partial charge in [-0.15, -0.1) is 0 Å². The summed E-state index contributed by atoms with van der Waals surface area (Å²) in [6, 6.07) is 6.13. The summed E-state index contributed by atoms with van der Waals surface area (Å²) in [5, 5.41) is 0. The lowest BCUT2D eigenvalue weighted by molar-refractivity contribution is -0.0316. The van der Waals surface area contributed by atoms with Gasteiger partial charge < -0.3 is 9.47 Å². The summed E-state index contributed by atoms with van der Waals surface area (Å²) in [5.41, 5.74) is 1.59. The molecule has 3 heteroatoms. The van der Waals surface area contributed by atoms with Crippen LogP contribution in [0.3, 0.4) is 0 Å². The van der Waals surface area contributed by atoms with Crippen molar-refractivity contribution in [2.45, 2.75) is 52.7 Å². The lowest BCUT2D eigenvalue weighted by Gasteiger charge is -2.38. The Morgan fingerprint density at radius 2 is 2.05 bits per heavy atom. The van der Waals surface area contributed by atoms with Gasteiger partial charge in [-0.2, -0.15) is 0 Å². The molecule has 0 heterocycles. The molecule has 1 aromatic rings. The molecule has 0 bridgehead atoms. The van der Waals surface area contributed by atoms with Crippen molar-refractivity contribution in [2.24, 2.45) is 11.3 Å². The molecule has 0 aromatic heterocycles. The minimum absolute atomic E-state index is 0.384. The Morgan fingerprint density at radius 1 is 1.30 bits per heavy atom. The predicted octanol–water partition coefficient (Wildman–Crippen LogP) is 5.19. The molecule has 0 amide bonds. The van der Waals surface area contributed by atoms with E-state index in [1.807, 2.05) is 6.07 Å². The van der Waals surface area contributed by atoms with Gasteiger partial charge in [-0.3, -0.25) is 0 Å². The summed E-state index contributed by atoms with van der Waals surface area (Å²) in [4.78, 5) is 0. The van der Waals surface area contributed by atoms with Crippen LogP contribution in [0.15, 0.2) is 22.7 Å². The Labute approximate surface area is 131 Å². The number of benzene rings is 1. The number of ether oxygens (including phenoxy) is 2. The van der Waals surface area contributed by atoms with Gasteiger partial charge in [0.1, 0.15) is 5.75 Å². The lowest BCUT2D eigenvalue weighted by atomic mass is 9.71. The zero-order valence-electron chi connectivity index (χ0n) is 12.9. The van der Waals surface area contributed by atoms with Gasteiger partial charge in [0.25, 0.3) is 0 Å². The normalized spacial score (nSPS) is 25.4. The third kappa shape index (κ3) is 4.23. The van der Waals surface area contributed by atoms with Crippen LogP contribution < -0.4 is 4.74 Å². The third-order valence-electron chi connectivity index (χ3n) is 4.05. The van der Waals surface area contributed by atoms with Crippen molar-refractivity contribution in [2.75, 3.05) is 7.11 Å². The van der Waals surface area contributed by atoms with Crippen LogP contribution in [0, 0.1) is 11.3 Å². The topological polar surface area (TPSA) is 18.5 Å². The number of halogens is 1. The average molecular weight is 341 g/mol. The molecule has 2 atom stereocenters. The predicted molar refractivity (Wildman–Crippen MR) is 86.1 cm³/mol. The molecule has 0 spiro atoms. The first-order valence-electron chi connectivity index (χ1n) is 7.33. The third-order valence-corrected chi connectivity index (χ3v) is 4.67. The Kier molecular flexibility index (Phi) is 5.14. The van der Waals surface area contributed by atoms with Crippen LogP contribution in [0.4, 0.5) is 0 Å². The number of methoxy groups -OCH3 is 1. The van der Waals surface area contributed by atoms with Gasteiger partial charge in [-0.05, 0) is 64.2 Å². The molecule has 1 aliphatic rings. The molecule has 2 rings (SSSR count). The summed E-state index contributed by atoms with van der Waals surface area (Å²) < 4.78 is 12.4. The summed E-state index contributed by atoms with van der Waals surface area (Å²) in [6.07, 6.45) is 4.03. The summed E-state index contributed by atoms with van der Waals surface area (Å²) in [6.45, 7) is 7.71. The second-order valence-corrected chi connectivity index (χ2v) is 7.67. The van der Waals surface area contributed by atoms with E-state index >= 15 is 0 Å². The van der Waals surface area contributed by atoms with Crippen molar-refractivity contribution in [3.05, 3.63) is 28.2 Å². The molecule has 0 N–H and O–H groups in total. The Morgan fingerprint density at radius 3 is 2.65 bits per heavy atom. The van der Waals surface area contributed by atoms with Crippen molar-refractivity contribution in [1.29, 1.82) is 0 Å². The maximum atomic E-state index is 6.14. The summed E-state index contributed by atoms with van der Waals surface area (Å²) >= 11 is 3.52. The van der Waals surface area contributed by atoms with Crippen LogP contribution in [-0.2, 0) is 11.3 Å². The second kappa shape index (κ2) is 6.48. The van der Waals surface area contributed by atoms with Crippen LogP contribution in [-0.4, -0.2) is 13.2 Å². The number of hydrogen-bond acceptors (Lipinski definition) is 2. The van der Waals surface area contributed by atoms with Crippen LogP contribution >= 0.6 is 15.9 Å². The van der Waals surface area contributed by atoms with E-state index in [0.29, 0.717) is 18.1 Å². The van der Waals surface area contributed by atoms with Gasteiger partial charge in [0.2, 0.25) is 0 Å². The van der Waals surface area contributed by atoms with E-state index in [4.69, 9.17) is 9.47 Å². The number of hydrogen-bond donors (Lipinski definition) is 0. The molecule has 2 unspecified atom stereocenters. The standard InChI is InChI=1S/C17H25BrO2/c1-12-7-14(10-17(2,3)9-12)20-11-13-5-6-16(19-4)15(18)8-13/h5-6,8,12,14H,7,9-11H2,1-4H3. The molecule has 0 radical (unpaired) electrons. The second-order valence-electron chi connectivity index (χ2n) is 6.82. The van der Waals surface area contributed by atoms with Crippen LogP contribution in [0.1, 0.15) is 45.6 Å². The van der Waals surface area contributed by atoms with E-state index in [2.05, 4.69) is 48.8 Å². The van der Waals surface area contributed by atoms with E-state index in [9.17, 15) is 0 Å². The average Bonchev–Trinajstić information content (AvgIpc) is 2.34. The van der Waals surface area contributed by atoms with Gasteiger partial charge in [0, 0.05) is 0 Å². The van der Waals surface area contributed by atoms with Gasteiger partial charge in [-0.1, -0.05) is 26.8 Å². The first kappa shape index (κ1) is 15.8. The highest BCUT2D eigenvalue weighted by Crippen LogP contribution is 2.40. The molecule has 20 heavy (non-hydrogen) atoms. The Balaban J connectivity index is 1.93. The molecule has 0 aliphatic heterocycles. The molecule has 112 valence electrons. The fraction of sp³-hybridized carbons (Fsp3) is 0.647. The van der Waals surface area contributed by atoms with E-state index in [1.165, 1.54) is 18.4 Å². The molecule has 2 nitrogen and oxygen atoms in total. The summed E-state index contributed by atoms with van der Waals surface area (Å²) in [7, 11) is 1.68. The SMILES string of the molecule is COc1ccc(COC2CC(C)CC(C)(C)C2)cc1Br. The van der Waals surface area contributed by atoms with Crippen molar-refractivity contribution in [3.8, 4) is 5.75 Å². The van der Waals surface area contributed by atoms with Crippen molar-refractivity contribution < 1.29 is 9.47 Å². The summed E-state index contributed by atoms with van der Waals surface area (Å²) in [5.74, 6) is 1.62.